The first-order valence-electron chi connectivity index (χ1n) is 4.44. The highest BCUT2D eigenvalue weighted by Gasteiger charge is 2.03. The zero-order valence-electron chi connectivity index (χ0n) is 8.09. The first-order chi connectivity index (χ1) is 6.65. The van der Waals surface area contributed by atoms with Gasteiger partial charge in [-0.25, -0.2) is 0 Å². The Bertz CT molecular complexity index is 317. The number of rotatable bonds is 4. The summed E-state index contributed by atoms with van der Waals surface area (Å²) < 4.78 is 0. The van der Waals surface area contributed by atoms with Crippen molar-refractivity contribution in [3.05, 3.63) is 22.7 Å². The van der Waals surface area contributed by atoms with Crippen LogP contribution in [0.2, 0.25) is 5.02 Å². The van der Waals surface area contributed by atoms with E-state index in [1.165, 1.54) is 0 Å². The molecule has 0 bridgehead atoms. The quantitative estimate of drug-likeness (QED) is 0.476. The third-order valence-corrected chi connectivity index (χ3v) is 3.43. The molecule has 14 heavy (non-hydrogen) atoms. The normalized spacial score (nSPS) is 10.5. The number of nitrogen functional groups attached to an aromatic ring is 1. The van der Waals surface area contributed by atoms with E-state index in [4.69, 9.17) is 22.4 Å². The van der Waals surface area contributed by atoms with Gasteiger partial charge in [0, 0.05) is 17.3 Å². The van der Waals surface area contributed by atoms with Gasteiger partial charge in [-0.1, -0.05) is 11.6 Å². The number of hydrogen-bond acceptors (Lipinski definition) is 3. The number of thioether (sulfide) groups is 1. The Balaban J connectivity index is 2.72. The van der Waals surface area contributed by atoms with E-state index in [2.05, 4.69) is 0 Å². The summed E-state index contributed by atoms with van der Waals surface area (Å²) in [6.45, 7) is 2.24. The van der Waals surface area contributed by atoms with Crippen molar-refractivity contribution >= 4 is 29.1 Å². The van der Waals surface area contributed by atoms with E-state index in [0.29, 0.717) is 10.7 Å². The molecule has 0 heterocycles. The van der Waals surface area contributed by atoms with Crippen molar-refractivity contribution in [2.24, 2.45) is 0 Å². The maximum absolute atomic E-state index is 8.65. The zero-order valence-corrected chi connectivity index (χ0v) is 9.66. The van der Waals surface area contributed by atoms with Gasteiger partial charge in [-0.3, -0.25) is 0 Å². The first-order valence-corrected chi connectivity index (χ1v) is 5.80. The minimum Gasteiger partial charge on any atom is -0.398 e. The molecule has 0 atom stereocenters. The van der Waals surface area contributed by atoms with Gasteiger partial charge in [0.2, 0.25) is 0 Å². The largest absolute Gasteiger partial charge is 0.398 e. The van der Waals surface area contributed by atoms with E-state index >= 15 is 0 Å². The van der Waals surface area contributed by atoms with Gasteiger partial charge in [0.05, 0.1) is 10.7 Å². The molecule has 0 saturated heterocycles. The molecule has 4 heteroatoms. The fourth-order valence-electron chi connectivity index (χ4n) is 1.09. The van der Waals surface area contributed by atoms with Gasteiger partial charge in [0.15, 0.2) is 0 Å². The van der Waals surface area contributed by atoms with Crippen molar-refractivity contribution in [3.63, 3.8) is 0 Å². The molecule has 0 aliphatic heterocycles. The lowest BCUT2D eigenvalue weighted by Crippen LogP contribution is -1.91. The summed E-state index contributed by atoms with van der Waals surface area (Å²) in [5.74, 6) is 0.900. The molecule has 0 amide bonds. The van der Waals surface area contributed by atoms with Crippen LogP contribution < -0.4 is 5.73 Å². The monoisotopic (exact) mass is 231 g/mol. The van der Waals surface area contributed by atoms with Gasteiger partial charge in [-0.15, -0.1) is 11.8 Å². The van der Waals surface area contributed by atoms with E-state index in [1.54, 1.807) is 11.8 Å². The van der Waals surface area contributed by atoms with Crippen LogP contribution in [0.15, 0.2) is 17.0 Å². The van der Waals surface area contributed by atoms with Crippen LogP contribution in [-0.2, 0) is 0 Å². The lowest BCUT2D eigenvalue weighted by atomic mass is 10.2. The molecule has 3 N–H and O–H groups in total. The molecule has 0 radical (unpaired) electrons. The summed E-state index contributed by atoms with van der Waals surface area (Å²) in [4.78, 5) is 1.14. The second-order valence-electron chi connectivity index (χ2n) is 3.06. The van der Waals surface area contributed by atoms with Crippen LogP contribution in [0, 0.1) is 6.92 Å². The van der Waals surface area contributed by atoms with Crippen molar-refractivity contribution < 1.29 is 5.11 Å². The number of aliphatic hydroxyl groups is 1. The molecule has 0 saturated carbocycles. The third-order valence-electron chi connectivity index (χ3n) is 1.85. The lowest BCUT2D eigenvalue weighted by molar-refractivity contribution is 0.296. The zero-order chi connectivity index (χ0) is 10.6. The average Bonchev–Trinajstić information content (AvgIpc) is 2.14. The lowest BCUT2D eigenvalue weighted by Gasteiger charge is -2.07. The summed E-state index contributed by atoms with van der Waals surface area (Å²) in [5.41, 5.74) is 7.42. The summed E-state index contributed by atoms with van der Waals surface area (Å²) in [5, 5.41) is 9.25. The second-order valence-corrected chi connectivity index (χ2v) is 4.61. The molecule has 1 rings (SSSR count). The van der Waals surface area contributed by atoms with Crippen LogP contribution in [-0.4, -0.2) is 17.5 Å². The maximum atomic E-state index is 8.65. The van der Waals surface area contributed by atoms with Crippen molar-refractivity contribution in [2.45, 2.75) is 18.2 Å². The molecule has 0 aliphatic carbocycles. The van der Waals surface area contributed by atoms with Crippen LogP contribution in [0.25, 0.3) is 0 Å². The predicted octanol–water partition coefficient (Wildman–Crippen LogP) is 2.71. The third kappa shape index (κ3) is 3.08. The molecule has 1 aromatic carbocycles. The van der Waals surface area contributed by atoms with Crippen LogP contribution in [0.5, 0.6) is 0 Å². The average molecular weight is 232 g/mol. The summed E-state index contributed by atoms with van der Waals surface area (Å²) in [6, 6.07) is 3.76. The minimum atomic E-state index is 0.231. The Morgan fingerprint density at radius 3 is 2.86 bits per heavy atom. The number of anilines is 1. The molecule has 2 nitrogen and oxygen atoms in total. The highest BCUT2D eigenvalue weighted by atomic mass is 35.5. The van der Waals surface area contributed by atoms with E-state index < -0.39 is 0 Å². The highest BCUT2D eigenvalue weighted by molar-refractivity contribution is 7.99. The minimum absolute atomic E-state index is 0.231. The molecular formula is C10H14ClNOS. The van der Waals surface area contributed by atoms with Gasteiger partial charge in [0.25, 0.3) is 0 Å². The highest BCUT2D eigenvalue weighted by Crippen LogP contribution is 2.30. The topological polar surface area (TPSA) is 46.2 Å². The molecule has 0 spiro atoms. The van der Waals surface area contributed by atoms with Crippen LogP contribution in [0.3, 0.4) is 0 Å². The van der Waals surface area contributed by atoms with Gasteiger partial charge in [-0.2, -0.15) is 0 Å². The van der Waals surface area contributed by atoms with Crippen LogP contribution >= 0.6 is 23.4 Å². The van der Waals surface area contributed by atoms with Crippen molar-refractivity contribution in [2.75, 3.05) is 18.1 Å². The van der Waals surface area contributed by atoms with Crippen molar-refractivity contribution in [3.8, 4) is 0 Å². The number of hydrogen-bond donors (Lipinski definition) is 2. The van der Waals surface area contributed by atoms with Gasteiger partial charge < -0.3 is 10.8 Å². The number of halogens is 1. The summed E-state index contributed by atoms with van der Waals surface area (Å²) in [7, 11) is 0. The number of benzene rings is 1. The molecule has 0 aromatic heterocycles. The smallest absolute Gasteiger partial charge is 0.0646 e. The predicted molar refractivity (Wildman–Crippen MR) is 63.0 cm³/mol. The number of nitrogens with two attached hydrogens (primary N) is 1. The van der Waals surface area contributed by atoms with Crippen LogP contribution in [0.4, 0.5) is 5.69 Å². The summed E-state index contributed by atoms with van der Waals surface area (Å²) >= 11 is 7.61. The molecular weight excluding hydrogens is 218 g/mol. The fourth-order valence-corrected chi connectivity index (χ4v) is 2.30. The Morgan fingerprint density at radius 1 is 1.50 bits per heavy atom. The number of aryl methyl sites for hydroxylation is 1. The van der Waals surface area contributed by atoms with Crippen LogP contribution in [0.1, 0.15) is 12.0 Å². The van der Waals surface area contributed by atoms with E-state index in [1.807, 2.05) is 19.1 Å². The maximum Gasteiger partial charge on any atom is 0.0646 e. The fraction of sp³-hybridized carbons (Fsp3) is 0.400. The Kier molecular flexibility index (Phi) is 4.58. The molecule has 0 aliphatic rings. The number of aliphatic hydroxyl groups excluding tert-OH is 1. The Morgan fingerprint density at radius 2 is 2.21 bits per heavy atom. The molecule has 0 unspecified atom stereocenters. The molecule has 78 valence electrons. The Hall–Kier alpha value is -0.380. The standard InChI is InChI=1S/C10H14ClNOS/c1-7-5-9(12)8(11)6-10(7)14-4-2-3-13/h5-6,13H,2-4,12H2,1H3. The van der Waals surface area contributed by atoms with Crippen molar-refractivity contribution in [1.29, 1.82) is 0 Å². The van der Waals surface area contributed by atoms with E-state index in [0.717, 1.165) is 22.6 Å². The van der Waals surface area contributed by atoms with E-state index in [9.17, 15) is 0 Å². The molecule has 1 aromatic rings. The molecule has 0 fully saturated rings. The second kappa shape index (κ2) is 5.49. The van der Waals surface area contributed by atoms with E-state index in [-0.39, 0.29) is 6.61 Å². The van der Waals surface area contributed by atoms with Gasteiger partial charge in [-0.05, 0) is 31.0 Å². The van der Waals surface area contributed by atoms with Gasteiger partial charge >= 0.3 is 0 Å². The van der Waals surface area contributed by atoms with Crippen molar-refractivity contribution in [1.82, 2.24) is 0 Å². The Labute approximate surface area is 93.5 Å². The van der Waals surface area contributed by atoms with Gasteiger partial charge in [0.1, 0.15) is 0 Å². The first kappa shape index (κ1) is 11.7. The summed E-state index contributed by atoms with van der Waals surface area (Å²) in [6.07, 6.45) is 0.798. The SMILES string of the molecule is Cc1cc(N)c(Cl)cc1SCCCO.